The van der Waals surface area contributed by atoms with Crippen molar-refractivity contribution in [3.8, 4) is 5.75 Å². The van der Waals surface area contributed by atoms with Gasteiger partial charge in [0.05, 0.1) is 51.1 Å². The van der Waals surface area contributed by atoms with E-state index in [1.165, 1.54) is 14.2 Å². The number of H-pyrrole nitrogens is 1. The number of aliphatic hydroxyl groups excluding tert-OH is 9. The van der Waals surface area contributed by atoms with Gasteiger partial charge in [0.1, 0.15) is 72.5 Å². The number of methoxy groups -OCH3 is 2. The van der Waals surface area contributed by atoms with E-state index in [-0.39, 0.29) is 24.5 Å². The molecule has 5 amide bonds. The number of piperidine rings is 1. The van der Waals surface area contributed by atoms with Gasteiger partial charge in [-0.25, -0.2) is 15.0 Å². The zero-order valence-corrected chi connectivity index (χ0v) is 59.0. The van der Waals surface area contributed by atoms with Gasteiger partial charge in [-0.1, -0.05) is 72.7 Å². The predicted molar refractivity (Wildman–Crippen MR) is 366 cm³/mol. The fourth-order valence-electron chi connectivity index (χ4n) is 16.8. The van der Waals surface area contributed by atoms with E-state index < -0.39 is 192 Å². The Balaban J connectivity index is 0.911. The topological polar surface area (TPSA) is 513 Å². The second-order valence-electron chi connectivity index (χ2n) is 27.6. The number of benzene rings is 2. The first-order valence-electron chi connectivity index (χ1n) is 33.9. The number of carboxylic acid groups (broad SMARTS) is 2. The van der Waals surface area contributed by atoms with Crippen molar-refractivity contribution in [2.75, 3.05) is 90.2 Å². The van der Waals surface area contributed by atoms with Gasteiger partial charge in [0.15, 0.2) is 5.60 Å². The van der Waals surface area contributed by atoms with E-state index in [0.29, 0.717) is 86.7 Å². The molecule has 0 radical (unpaired) electrons. The number of para-hydroxylation sites is 1. The van der Waals surface area contributed by atoms with Crippen LogP contribution in [0.1, 0.15) is 88.1 Å². The Morgan fingerprint density at radius 3 is 2.13 bits per heavy atom. The van der Waals surface area contributed by atoms with Gasteiger partial charge >= 0.3 is 24.0 Å². The zero-order chi connectivity index (χ0) is 74.7. The van der Waals surface area contributed by atoms with Crippen molar-refractivity contribution in [3.05, 3.63) is 70.9 Å². The summed E-state index contributed by atoms with van der Waals surface area (Å²) >= 11 is 0. The van der Waals surface area contributed by atoms with E-state index in [9.17, 15) is 95.2 Å². The van der Waals surface area contributed by atoms with Gasteiger partial charge in [-0.05, 0) is 80.7 Å². The molecule has 1 unspecified atom stereocenters. The number of carbonyl (C=O) groups is 8. The normalized spacial score (nSPS) is 29.3. The number of rotatable bonds is 30. The minimum atomic E-state index is -2.73. The third-order valence-electron chi connectivity index (χ3n) is 21.8. The molecule has 33 nitrogen and oxygen atoms in total. The van der Waals surface area contributed by atoms with Crippen molar-refractivity contribution in [1.82, 2.24) is 41.6 Å². The highest BCUT2D eigenvalue weighted by Crippen LogP contribution is 2.68. The lowest BCUT2D eigenvalue weighted by Crippen LogP contribution is -2.82. The molecule has 9 rings (SSSR count). The number of anilines is 1. The lowest BCUT2D eigenvalue weighted by atomic mass is 9.47. The lowest BCUT2D eigenvalue weighted by molar-refractivity contribution is -0.204. The molecule has 102 heavy (non-hydrogen) atoms. The summed E-state index contributed by atoms with van der Waals surface area (Å²) in [5.74, 6) is -11.2. The quantitative estimate of drug-likeness (QED) is 0.0102. The molecule has 19 N–H and O–H groups in total. The van der Waals surface area contributed by atoms with E-state index in [2.05, 4.69) is 36.3 Å². The fraction of sp³-hybridized carbons (Fsp3) is 0.642. The van der Waals surface area contributed by atoms with Crippen LogP contribution in [0.2, 0.25) is 0 Å². The summed E-state index contributed by atoms with van der Waals surface area (Å²) in [6.45, 7) is 4.86. The average molecular weight is 1470 g/mol. The van der Waals surface area contributed by atoms with Gasteiger partial charge in [0.2, 0.25) is 17.7 Å². The highest BCUT2D eigenvalue weighted by molar-refractivity contribution is 8.76. The summed E-state index contributed by atoms with van der Waals surface area (Å²) in [5.41, 5.74) is 0.683. The molecule has 2 aromatic carbocycles. The molecule has 20 atom stereocenters. The van der Waals surface area contributed by atoms with Crippen molar-refractivity contribution >= 4 is 85.8 Å². The molecular formula is C67H95N9O24S2. The van der Waals surface area contributed by atoms with Crippen molar-refractivity contribution in [3.63, 3.8) is 0 Å². The number of aliphatic carboxylic acids is 2. The number of carboxylic acids is 2. The highest BCUT2D eigenvalue weighted by Gasteiger charge is 2.79. The molecule has 5 aliphatic heterocycles. The van der Waals surface area contributed by atoms with E-state index in [1.807, 2.05) is 61.6 Å². The number of ether oxygens (including phenoxy) is 3. The van der Waals surface area contributed by atoms with Crippen LogP contribution in [-0.2, 0) is 60.3 Å². The molecule has 3 fully saturated rings. The molecule has 3 aromatic rings. The standard InChI is InChI=1S/C67H95N9O24S2/c1-7-63(96)26-34-27-66(61(94)99-6,52-36(16-20-75(28-34)32-63)35-12-9-10-13-39(35)68-52)38-24-37-42(25-45(38)98-5)74(4)58-65(37)18-21-76-19-11-17-64(8-2,57(65)76)59(92)67(58,97)60(93)72-73-62(95)100-22-23-101-102-31-41(56(90)91)70-55(89)47(51(86)50(85)44(80)30-78)71-54(88)40(14-15-46(81)82)69-53(87)33(3)48(83)49(84)43(79)29-77/h9-13,17,24-25,33-34,40-41,43-44,47-51,57-59,68,77-80,83-86,92,96-97H,7-8,14-16,18-23,26-32H2,1-6H3,(H,69,87)(H,70,89)(H,71,88)(H,72,93)(H,73,95)(H,81,82)(H,90,91)/t33-,34-,40+,41+,43-,44-,47-,48-,49-,50-,51-,57+,58-,59-,63+,64-,65-,66+,67+/m1/s1. The largest absolute Gasteiger partial charge is 0.496 e. The van der Waals surface area contributed by atoms with Crippen LogP contribution in [0, 0.1) is 17.3 Å². The number of hydrogen-bond acceptors (Lipinski definition) is 27. The van der Waals surface area contributed by atoms with Gasteiger partial charge in [-0.15, -0.1) is 0 Å². The number of aromatic amines is 1. The Kier molecular flexibility index (Phi) is 25.0. The van der Waals surface area contributed by atoms with Crippen molar-refractivity contribution in [1.29, 1.82) is 0 Å². The van der Waals surface area contributed by atoms with Crippen molar-refractivity contribution in [2.24, 2.45) is 17.3 Å². The van der Waals surface area contributed by atoms with Crippen LogP contribution in [-0.4, -0.2) is 298 Å². The summed E-state index contributed by atoms with van der Waals surface area (Å²) in [4.78, 5) is 119. The molecular weight excluding hydrogens is 1380 g/mol. The summed E-state index contributed by atoms with van der Waals surface area (Å²) < 4.78 is 17.7. The number of nitrogens with zero attached hydrogens (tertiary/aromatic N) is 3. The summed E-state index contributed by atoms with van der Waals surface area (Å²) in [7, 11) is 6.30. The molecule has 1 aromatic heterocycles. The van der Waals surface area contributed by atoms with Crippen LogP contribution in [0.4, 0.5) is 10.5 Å². The van der Waals surface area contributed by atoms with Crippen molar-refractivity contribution < 1.29 is 119 Å². The summed E-state index contributed by atoms with van der Waals surface area (Å²) in [6.07, 6.45) is -11.7. The average Bonchev–Trinajstić information content (AvgIpc) is 1.46. The second-order valence-corrected chi connectivity index (χ2v) is 30.2. The summed E-state index contributed by atoms with van der Waals surface area (Å²) in [6, 6.07) is 3.64. The van der Waals surface area contributed by atoms with Gasteiger partial charge in [0.25, 0.3) is 5.91 Å². The maximum absolute atomic E-state index is 15.6. The van der Waals surface area contributed by atoms with E-state index in [4.69, 9.17) is 14.2 Å². The molecule has 6 heterocycles. The van der Waals surface area contributed by atoms with Gasteiger partial charge in [-0.3, -0.25) is 44.0 Å². The smallest absolute Gasteiger partial charge is 0.426 e. The number of fused-ring (bicyclic) bond motifs is 6. The molecule has 1 aliphatic carbocycles. The number of esters is 1. The first-order valence-corrected chi connectivity index (χ1v) is 36.4. The Bertz CT molecular complexity index is 3630. The van der Waals surface area contributed by atoms with Crippen LogP contribution < -0.4 is 36.4 Å². The number of aromatic nitrogens is 1. The zero-order valence-electron chi connectivity index (χ0n) is 57.4. The van der Waals surface area contributed by atoms with E-state index in [0.717, 1.165) is 45.0 Å². The third kappa shape index (κ3) is 14.6. The van der Waals surface area contributed by atoms with Crippen molar-refractivity contribution in [2.45, 2.75) is 167 Å². The summed E-state index contributed by atoms with van der Waals surface area (Å²) in [5, 5.41) is 146. The Morgan fingerprint density at radius 2 is 1.48 bits per heavy atom. The minimum Gasteiger partial charge on any atom is -0.496 e. The Hall–Kier alpha value is -6.94. The van der Waals surface area contributed by atoms with Gasteiger partial charge < -0.3 is 106 Å². The van der Waals surface area contributed by atoms with Crippen LogP contribution in [0.15, 0.2) is 48.6 Å². The molecule has 6 aliphatic rings. The molecule has 2 saturated heterocycles. The highest BCUT2D eigenvalue weighted by atomic mass is 33.1. The number of aliphatic hydroxyl groups is 11. The van der Waals surface area contributed by atoms with Crippen LogP contribution >= 0.6 is 21.6 Å². The first-order chi connectivity index (χ1) is 48.3. The van der Waals surface area contributed by atoms with Crippen LogP contribution in [0.5, 0.6) is 5.75 Å². The maximum atomic E-state index is 15.6. The monoisotopic (exact) mass is 1470 g/mol. The SMILES string of the molecule is CC[C@]1(O)C[C@H]2CN(CCc3c([nH]c4ccccc34)[C@@](C(=O)OC)(c3cc4c(cc3OC)N(C)[C@H]3[C@@](O)(C(=O)NNC(=O)OCCSSC[C@H](NC(=O)[C@H](NC(=O)[C@H](CCC(=O)O)NC(=O)[C@H](C)[C@@H](O)[C@H](O)[C@H](O)CO)[C@@H](O)[C@H](O)[C@H](O)CO)C(=O)O)[C@H](O)[C@]5(CC)C=CCN6CC[C@]43[C@@H]65)C2)C1. The lowest BCUT2D eigenvalue weighted by Gasteiger charge is -2.63. The van der Waals surface area contributed by atoms with Gasteiger partial charge in [0, 0.05) is 102 Å². The van der Waals surface area contributed by atoms with E-state index >= 15 is 9.59 Å². The number of likely N-dealkylation sites (N-methyl/N-ethyl adjacent to an activating group) is 1. The molecule has 35 heteroatoms. The Morgan fingerprint density at radius 1 is 0.794 bits per heavy atom. The second kappa shape index (κ2) is 32.2. The molecule has 564 valence electrons. The first kappa shape index (κ1) is 79.2. The minimum absolute atomic E-state index is 0.0705. The molecule has 1 spiro atoms. The fourth-order valence-corrected chi connectivity index (χ4v) is 18.8. The molecule has 1 saturated carbocycles. The number of nitrogens with one attached hydrogen (secondary N) is 6. The molecule has 2 bridgehead atoms. The maximum Gasteiger partial charge on any atom is 0.426 e. The predicted octanol–water partition coefficient (Wildman–Crippen LogP) is -3.42. The Labute approximate surface area is 595 Å². The number of carbonyl (C=O) groups excluding carboxylic acids is 6. The van der Waals surface area contributed by atoms with Crippen LogP contribution in [0.3, 0.4) is 0 Å². The van der Waals surface area contributed by atoms with E-state index in [1.54, 1.807) is 18.0 Å². The number of hydrazine groups is 1. The van der Waals surface area contributed by atoms with Crippen LogP contribution in [0.25, 0.3) is 10.9 Å². The number of hydrogen-bond donors (Lipinski definition) is 19. The third-order valence-corrected chi connectivity index (χ3v) is 24.2. The van der Waals surface area contributed by atoms with Gasteiger partial charge in [-0.2, -0.15) is 0 Å². The number of amides is 5.